The second-order valence-electron chi connectivity index (χ2n) is 9.62. The number of aryl methyl sites for hydroxylation is 1. The van der Waals surface area contributed by atoms with Crippen LogP contribution in [0.5, 0.6) is 0 Å². The van der Waals surface area contributed by atoms with Crippen LogP contribution in [-0.2, 0) is 26.1 Å². The highest BCUT2D eigenvalue weighted by molar-refractivity contribution is 7.89. The van der Waals surface area contributed by atoms with Crippen molar-refractivity contribution in [2.24, 2.45) is 16.8 Å². The molecule has 1 amide bonds. The Bertz CT molecular complexity index is 1460. The zero-order chi connectivity index (χ0) is 27.5. The Morgan fingerprint density at radius 1 is 1.05 bits per heavy atom. The SMILES string of the molecule is COC(=O)Cn1c(=NC(=O)c2ccc(S(=O)(=O)N(CC(C)C)CC(C)C)cc2)sc2ccc(Cl)c(C)c21. The summed E-state index contributed by atoms with van der Waals surface area (Å²) in [6.07, 6.45) is 0. The molecule has 0 saturated carbocycles. The summed E-state index contributed by atoms with van der Waals surface area (Å²) in [5.41, 5.74) is 1.69. The molecule has 37 heavy (non-hydrogen) atoms. The van der Waals surface area contributed by atoms with E-state index >= 15 is 0 Å². The molecule has 0 spiro atoms. The summed E-state index contributed by atoms with van der Waals surface area (Å²) in [5, 5.41) is 0.530. The molecule has 0 saturated heterocycles. The van der Waals surface area contributed by atoms with E-state index in [1.165, 1.54) is 47.0 Å². The second kappa shape index (κ2) is 11.9. The molecular formula is C26H32ClN3O5S2. The molecular weight excluding hydrogens is 534 g/mol. The molecule has 1 heterocycles. The molecule has 200 valence electrons. The molecule has 0 N–H and O–H groups in total. The Kier molecular flexibility index (Phi) is 9.33. The van der Waals surface area contributed by atoms with Gasteiger partial charge in [-0.2, -0.15) is 9.30 Å². The maximum Gasteiger partial charge on any atom is 0.325 e. The number of hydrogen-bond acceptors (Lipinski definition) is 6. The van der Waals surface area contributed by atoms with Gasteiger partial charge in [0.05, 0.1) is 22.2 Å². The number of methoxy groups -OCH3 is 1. The van der Waals surface area contributed by atoms with Gasteiger partial charge in [0.15, 0.2) is 4.80 Å². The van der Waals surface area contributed by atoms with E-state index in [9.17, 15) is 18.0 Å². The van der Waals surface area contributed by atoms with Gasteiger partial charge < -0.3 is 9.30 Å². The van der Waals surface area contributed by atoms with Crippen molar-refractivity contribution in [1.29, 1.82) is 0 Å². The summed E-state index contributed by atoms with van der Waals surface area (Å²) in [6.45, 7) is 10.4. The number of hydrogen-bond donors (Lipinski definition) is 0. The third-order valence-electron chi connectivity index (χ3n) is 5.62. The van der Waals surface area contributed by atoms with E-state index in [-0.39, 0.29) is 28.8 Å². The molecule has 0 aliphatic carbocycles. The molecule has 2 aromatic carbocycles. The first-order chi connectivity index (χ1) is 17.3. The van der Waals surface area contributed by atoms with E-state index in [1.54, 1.807) is 10.6 Å². The number of halogens is 1. The lowest BCUT2D eigenvalue weighted by molar-refractivity contribution is -0.141. The summed E-state index contributed by atoms with van der Waals surface area (Å²) < 4.78 is 35.3. The summed E-state index contributed by atoms with van der Waals surface area (Å²) >= 11 is 7.55. The van der Waals surface area contributed by atoms with Crippen molar-refractivity contribution in [2.45, 2.75) is 46.1 Å². The molecule has 0 fully saturated rings. The van der Waals surface area contributed by atoms with Crippen molar-refractivity contribution in [1.82, 2.24) is 8.87 Å². The molecule has 0 aliphatic rings. The summed E-state index contributed by atoms with van der Waals surface area (Å²) in [7, 11) is -2.43. The van der Waals surface area contributed by atoms with Crippen LogP contribution < -0.4 is 4.80 Å². The van der Waals surface area contributed by atoms with E-state index in [4.69, 9.17) is 16.3 Å². The second-order valence-corrected chi connectivity index (χ2v) is 13.0. The number of aromatic nitrogens is 1. The third kappa shape index (κ3) is 6.67. The number of carbonyl (C=O) groups excluding carboxylic acids is 2. The first-order valence-corrected chi connectivity index (χ1v) is 14.5. The first kappa shape index (κ1) is 29.0. The van der Waals surface area contributed by atoms with Gasteiger partial charge in [0.1, 0.15) is 6.54 Å². The van der Waals surface area contributed by atoms with Crippen LogP contribution in [0.25, 0.3) is 10.2 Å². The lowest BCUT2D eigenvalue weighted by atomic mass is 10.2. The van der Waals surface area contributed by atoms with Gasteiger partial charge in [-0.1, -0.05) is 50.6 Å². The lowest BCUT2D eigenvalue weighted by Crippen LogP contribution is -2.37. The monoisotopic (exact) mass is 565 g/mol. The highest BCUT2D eigenvalue weighted by atomic mass is 35.5. The van der Waals surface area contributed by atoms with Crippen LogP contribution in [0.3, 0.4) is 0 Å². The zero-order valence-electron chi connectivity index (χ0n) is 21.8. The van der Waals surface area contributed by atoms with Gasteiger partial charge in [-0.3, -0.25) is 9.59 Å². The van der Waals surface area contributed by atoms with Gasteiger partial charge >= 0.3 is 5.97 Å². The highest BCUT2D eigenvalue weighted by Gasteiger charge is 2.26. The van der Waals surface area contributed by atoms with E-state index in [0.29, 0.717) is 28.4 Å². The smallest absolute Gasteiger partial charge is 0.325 e. The molecule has 0 atom stereocenters. The Morgan fingerprint density at radius 3 is 2.19 bits per heavy atom. The number of sulfonamides is 1. The van der Waals surface area contributed by atoms with Crippen LogP contribution >= 0.6 is 22.9 Å². The minimum absolute atomic E-state index is 0.123. The van der Waals surface area contributed by atoms with Crippen LogP contribution in [0.2, 0.25) is 5.02 Å². The quantitative estimate of drug-likeness (QED) is 0.344. The number of esters is 1. The Labute approximate surface area is 226 Å². The average Bonchev–Trinajstić information content (AvgIpc) is 3.17. The minimum atomic E-state index is -3.72. The van der Waals surface area contributed by atoms with E-state index in [1.807, 2.05) is 40.7 Å². The molecule has 0 unspecified atom stereocenters. The number of benzene rings is 2. The number of rotatable bonds is 9. The fourth-order valence-electron chi connectivity index (χ4n) is 3.90. The fraction of sp³-hybridized carbons (Fsp3) is 0.423. The van der Waals surface area contributed by atoms with Crippen molar-refractivity contribution in [3.05, 3.63) is 57.3 Å². The number of thiazole rings is 1. The van der Waals surface area contributed by atoms with E-state index in [2.05, 4.69) is 4.99 Å². The summed E-state index contributed by atoms with van der Waals surface area (Å²) in [6, 6.07) is 9.35. The maximum atomic E-state index is 13.3. The summed E-state index contributed by atoms with van der Waals surface area (Å²) in [4.78, 5) is 29.8. The molecule has 8 nitrogen and oxygen atoms in total. The molecule has 11 heteroatoms. The molecule has 0 bridgehead atoms. The number of amides is 1. The Morgan fingerprint density at radius 2 is 1.65 bits per heavy atom. The Balaban J connectivity index is 2.00. The van der Waals surface area contributed by atoms with Gasteiger partial charge in [-0.25, -0.2) is 8.42 Å². The molecule has 3 aromatic rings. The van der Waals surface area contributed by atoms with E-state index in [0.717, 1.165) is 10.3 Å². The predicted molar refractivity (Wildman–Crippen MR) is 146 cm³/mol. The van der Waals surface area contributed by atoms with Gasteiger partial charge in [0, 0.05) is 23.7 Å². The Hall–Kier alpha value is -2.53. The highest BCUT2D eigenvalue weighted by Crippen LogP contribution is 2.27. The zero-order valence-corrected chi connectivity index (χ0v) is 24.2. The molecule has 0 aliphatic heterocycles. The van der Waals surface area contributed by atoms with Crippen molar-refractivity contribution >= 4 is 55.1 Å². The van der Waals surface area contributed by atoms with Crippen LogP contribution in [-0.4, -0.2) is 49.4 Å². The average molecular weight is 566 g/mol. The van der Waals surface area contributed by atoms with Crippen LogP contribution in [0.4, 0.5) is 0 Å². The fourth-order valence-corrected chi connectivity index (χ4v) is 6.90. The third-order valence-corrected chi connectivity index (χ3v) is 8.92. The lowest BCUT2D eigenvalue weighted by Gasteiger charge is -2.25. The van der Waals surface area contributed by atoms with Crippen LogP contribution in [0.1, 0.15) is 43.6 Å². The largest absolute Gasteiger partial charge is 0.468 e. The summed E-state index contributed by atoms with van der Waals surface area (Å²) in [5.74, 6) is -0.705. The van der Waals surface area contributed by atoms with Gasteiger partial charge in [0.25, 0.3) is 5.91 Å². The molecule has 0 radical (unpaired) electrons. The van der Waals surface area contributed by atoms with Crippen LogP contribution in [0, 0.1) is 18.8 Å². The van der Waals surface area contributed by atoms with E-state index < -0.39 is 21.9 Å². The predicted octanol–water partition coefficient (Wildman–Crippen LogP) is 4.88. The van der Waals surface area contributed by atoms with Crippen molar-refractivity contribution < 1.29 is 22.7 Å². The van der Waals surface area contributed by atoms with Crippen molar-refractivity contribution in [2.75, 3.05) is 20.2 Å². The van der Waals surface area contributed by atoms with Crippen molar-refractivity contribution in [3.63, 3.8) is 0 Å². The number of ether oxygens (including phenoxy) is 1. The number of carbonyl (C=O) groups is 2. The van der Waals surface area contributed by atoms with Gasteiger partial charge in [-0.05, 0) is 60.7 Å². The number of nitrogens with zero attached hydrogens (tertiary/aromatic N) is 3. The van der Waals surface area contributed by atoms with Crippen LogP contribution in [0.15, 0.2) is 46.3 Å². The standard InChI is InChI=1S/C26H32ClN3O5S2/c1-16(2)13-29(14-17(3)4)37(33,34)20-9-7-19(8-10-20)25(32)28-26-30(15-23(31)35-6)24-18(5)21(27)11-12-22(24)36-26/h7-12,16-17H,13-15H2,1-6H3. The normalized spacial score (nSPS) is 12.8. The first-order valence-electron chi connectivity index (χ1n) is 11.9. The minimum Gasteiger partial charge on any atom is -0.468 e. The van der Waals surface area contributed by atoms with Crippen molar-refractivity contribution in [3.8, 4) is 0 Å². The maximum absolute atomic E-state index is 13.3. The molecule has 1 aromatic heterocycles. The van der Waals surface area contributed by atoms with Gasteiger partial charge in [-0.15, -0.1) is 0 Å². The topological polar surface area (TPSA) is 98.0 Å². The van der Waals surface area contributed by atoms with Gasteiger partial charge in [0.2, 0.25) is 10.0 Å². The molecule has 3 rings (SSSR count). The number of fused-ring (bicyclic) bond motifs is 1.